The van der Waals surface area contributed by atoms with E-state index in [2.05, 4.69) is 20.7 Å². The first-order valence-electron chi connectivity index (χ1n) is 6.51. The first-order valence-corrected chi connectivity index (χ1v) is 7.71. The van der Waals surface area contributed by atoms with Crippen LogP contribution in [0.5, 0.6) is 0 Å². The van der Waals surface area contributed by atoms with E-state index in [-0.39, 0.29) is 12.4 Å². The fraction of sp³-hybridized carbons (Fsp3) is 0.143. The number of aromatic nitrogens is 3. The molecule has 3 rings (SSSR count). The van der Waals surface area contributed by atoms with Gasteiger partial charge in [0.2, 0.25) is 10.9 Å². The minimum atomic E-state index is -0.457. The molecule has 0 aliphatic rings. The minimum Gasteiger partial charge on any atom is -0.378 e. The summed E-state index contributed by atoms with van der Waals surface area (Å²) in [5.74, 6) is -0.381. The molecule has 0 atom stereocenters. The lowest BCUT2D eigenvalue weighted by atomic mass is 10.2. The van der Waals surface area contributed by atoms with E-state index in [0.717, 1.165) is 5.56 Å². The van der Waals surface area contributed by atoms with Crippen molar-refractivity contribution in [2.75, 3.05) is 12.4 Å². The number of benzene rings is 1. The van der Waals surface area contributed by atoms with Crippen LogP contribution < -0.4 is 5.32 Å². The zero-order valence-electron chi connectivity index (χ0n) is 11.9. The second kappa shape index (κ2) is 6.86. The number of ether oxygens (including phenoxy) is 1. The van der Waals surface area contributed by atoms with Gasteiger partial charge in [-0.05, 0) is 6.07 Å². The Morgan fingerprint density at radius 2 is 2.22 bits per heavy atom. The Morgan fingerprint density at radius 3 is 3.00 bits per heavy atom. The highest BCUT2D eigenvalue weighted by molar-refractivity contribution is 7.18. The van der Waals surface area contributed by atoms with Gasteiger partial charge in [-0.1, -0.05) is 46.3 Å². The quantitative estimate of drug-likeness (QED) is 0.759. The number of anilines is 1. The number of amides is 1. The number of carbonyl (C=O) groups excluding carboxylic acids is 1. The van der Waals surface area contributed by atoms with Crippen molar-refractivity contribution in [2.45, 2.75) is 6.61 Å². The van der Waals surface area contributed by atoms with Crippen LogP contribution in [-0.4, -0.2) is 28.4 Å². The summed E-state index contributed by atoms with van der Waals surface area (Å²) in [6.45, 7) is 0.270. The van der Waals surface area contributed by atoms with Crippen molar-refractivity contribution in [1.82, 2.24) is 15.4 Å². The van der Waals surface area contributed by atoms with Crippen molar-refractivity contribution in [1.29, 1.82) is 0 Å². The van der Waals surface area contributed by atoms with E-state index in [1.54, 1.807) is 6.07 Å². The molecule has 23 heavy (non-hydrogen) atoms. The van der Waals surface area contributed by atoms with Crippen LogP contribution in [0.1, 0.15) is 16.2 Å². The average molecular weight is 351 g/mol. The highest BCUT2D eigenvalue weighted by atomic mass is 35.5. The zero-order valence-corrected chi connectivity index (χ0v) is 13.5. The lowest BCUT2D eigenvalue weighted by Gasteiger charge is -1.97. The number of rotatable bonds is 5. The normalized spacial score (nSPS) is 10.7. The predicted molar refractivity (Wildman–Crippen MR) is 85.5 cm³/mol. The van der Waals surface area contributed by atoms with Crippen molar-refractivity contribution in [3.63, 3.8) is 0 Å². The molecule has 0 unspecified atom stereocenters. The molecule has 0 fully saturated rings. The molecule has 0 aliphatic heterocycles. The second-order valence-electron chi connectivity index (χ2n) is 4.46. The Labute approximate surface area is 140 Å². The number of carbonyl (C=O) groups is 1. The van der Waals surface area contributed by atoms with Crippen molar-refractivity contribution in [2.24, 2.45) is 0 Å². The van der Waals surface area contributed by atoms with Crippen LogP contribution in [0.3, 0.4) is 0 Å². The molecule has 9 heteroatoms. The summed E-state index contributed by atoms with van der Waals surface area (Å²) in [7, 11) is 1.53. The van der Waals surface area contributed by atoms with E-state index in [1.165, 1.54) is 24.5 Å². The van der Waals surface area contributed by atoms with Crippen LogP contribution in [0, 0.1) is 0 Å². The minimum absolute atomic E-state index is 0.0755. The second-order valence-corrected chi connectivity index (χ2v) is 5.85. The maximum atomic E-state index is 12.1. The molecule has 2 heterocycles. The van der Waals surface area contributed by atoms with E-state index < -0.39 is 5.91 Å². The zero-order chi connectivity index (χ0) is 16.2. The largest absolute Gasteiger partial charge is 0.378 e. The lowest BCUT2D eigenvalue weighted by molar-refractivity contribution is 0.0987. The summed E-state index contributed by atoms with van der Waals surface area (Å²) in [6, 6.07) is 8.79. The molecule has 1 aromatic carbocycles. The maximum Gasteiger partial charge on any atom is 0.296 e. The Balaban J connectivity index is 1.73. The Hall–Kier alpha value is -2.29. The van der Waals surface area contributed by atoms with Crippen molar-refractivity contribution >= 4 is 34.0 Å². The number of halogens is 1. The molecule has 3 aromatic rings. The van der Waals surface area contributed by atoms with Gasteiger partial charge in [-0.3, -0.25) is 10.1 Å². The van der Waals surface area contributed by atoms with Gasteiger partial charge in [-0.25, -0.2) is 0 Å². The molecule has 0 aliphatic carbocycles. The van der Waals surface area contributed by atoms with Gasteiger partial charge < -0.3 is 9.26 Å². The SMILES string of the molecule is COCc1cc(C(=O)Nc2nnc(-c3ccccc3Cl)s2)on1. The van der Waals surface area contributed by atoms with Gasteiger partial charge >= 0.3 is 0 Å². The van der Waals surface area contributed by atoms with Crippen LogP contribution in [0.15, 0.2) is 34.9 Å². The fourth-order valence-electron chi connectivity index (χ4n) is 1.81. The van der Waals surface area contributed by atoms with Gasteiger partial charge in [0, 0.05) is 18.7 Å². The van der Waals surface area contributed by atoms with Crippen LogP contribution in [0.2, 0.25) is 5.02 Å². The van der Waals surface area contributed by atoms with E-state index in [0.29, 0.717) is 20.9 Å². The molecule has 2 aromatic heterocycles. The third-order valence-corrected chi connectivity index (χ3v) is 4.03. The van der Waals surface area contributed by atoms with Crippen LogP contribution in [0.25, 0.3) is 10.6 Å². The molecule has 0 spiro atoms. The molecule has 1 N–H and O–H groups in total. The number of nitrogens with one attached hydrogen (secondary N) is 1. The molecule has 0 radical (unpaired) electrons. The third-order valence-electron chi connectivity index (χ3n) is 2.82. The van der Waals surface area contributed by atoms with Gasteiger partial charge in [-0.15, -0.1) is 10.2 Å². The van der Waals surface area contributed by atoms with Gasteiger partial charge in [0.1, 0.15) is 5.69 Å². The standard InChI is InChI=1S/C14H11ClN4O3S/c1-21-7-8-6-11(22-19-8)12(20)16-14-18-17-13(23-14)9-4-2-3-5-10(9)15/h2-6H,7H2,1H3,(H,16,18,20). The summed E-state index contributed by atoms with van der Waals surface area (Å²) in [5, 5.41) is 15.8. The molecule has 118 valence electrons. The van der Waals surface area contributed by atoms with E-state index in [9.17, 15) is 4.79 Å². The van der Waals surface area contributed by atoms with Crippen LogP contribution in [0.4, 0.5) is 5.13 Å². The van der Waals surface area contributed by atoms with E-state index >= 15 is 0 Å². The van der Waals surface area contributed by atoms with Gasteiger partial charge in [0.05, 0.1) is 11.6 Å². The summed E-state index contributed by atoms with van der Waals surface area (Å²) >= 11 is 7.33. The van der Waals surface area contributed by atoms with Gasteiger partial charge in [0.15, 0.2) is 5.01 Å². The molecule has 1 amide bonds. The lowest BCUT2D eigenvalue weighted by Crippen LogP contribution is -2.10. The summed E-state index contributed by atoms with van der Waals surface area (Å²) in [4.78, 5) is 12.1. The number of hydrogen-bond acceptors (Lipinski definition) is 7. The first kappa shape index (κ1) is 15.6. The average Bonchev–Trinajstić information content (AvgIpc) is 3.18. The first-order chi connectivity index (χ1) is 11.2. The van der Waals surface area contributed by atoms with Crippen LogP contribution in [-0.2, 0) is 11.3 Å². The number of hydrogen-bond donors (Lipinski definition) is 1. The maximum absolute atomic E-state index is 12.1. The molecular weight excluding hydrogens is 340 g/mol. The van der Waals surface area contributed by atoms with Gasteiger partial charge in [0.25, 0.3) is 5.91 Å². The van der Waals surface area contributed by atoms with Crippen molar-refractivity contribution in [3.05, 3.63) is 46.8 Å². The summed E-state index contributed by atoms with van der Waals surface area (Å²) in [6.07, 6.45) is 0. The summed E-state index contributed by atoms with van der Waals surface area (Å²) < 4.78 is 9.87. The van der Waals surface area contributed by atoms with E-state index in [1.807, 2.05) is 18.2 Å². The van der Waals surface area contributed by atoms with Crippen molar-refractivity contribution in [3.8, 4) is 10.6 Å². The third kappa shape index (κ3) is 3.55. The molecule has 7 nitrogen and oxygen atoms in total. The fourth-order valence-corrected chi connectivity index (χ4v) is 2.87. The predicted octanol–water partition coefficient (Wildman–Crippen LogP) is 3.25. The Bertz CT molecular complexity index is 833. The van der Waals surface area contributed by atoms with E-state index in [4.69, 9.17) is 20.9 Å². The van der Waals surface area contributed by atoms with Crippen molar-refractivity contribution < 1.29 is 14.1 Å². The Morgan fingerprint density at radius 1 is 1.39 bits per heavy atom. The monoisotopic (exact) mass is 350 g/mol. The smallest absolute Gasteiger partial charge is 0.296 e. The number of methoxy groups -OCH3 is 1. The van der Waals surface area contributed by atoms with Crippen LogP contribution >= 0.6 is 22.9 Å². The summed E-state index contributed by atoms with van der Waals surface area (Å²) in [5.41, 5.74) is 1.29. The molecule has 0 saturated heterocycles. The highest BCUT2D eigenvalue weighted by Crippen LogP contribution is 2.31. The highest BCUT2D eigenvalue weighted by Gasteiger charge is 2.16. The van der Waals surface area contributed by atoms with Gasteiger partial charge in [-0.2, -0.15) is 0 Å². The molecule has 0 bridgehead atoms. The molecular formula is C14H11ClN4O3S. The topological polar surface area (TPSA) is 90.1 Å². The molecule has 0 saturated carbocycles. The number of nitrogens with zero attached hydrogens (tertiary/aromatic N) is 3. The Kier molecular flexibility index (Phi) is 4.65.